The van der Waals surface area contributed by atoms with Crippen LogP contribution in [0.15, 0.2) is 23.1 Å². The van der Waals surface area contributed by atoms with Crippen molar-refractivity contribution in [2.24, 2.45) is 0 Å². The van der Waals surface area contributed by atoms with Gasteiger partial charge in [-0.25, -0.2) is 25.9 Å². The number of hydrogen-bond acceptors (Lipinski definition) is 4. The maximum atomic E-state index is 13.2. The lowest BCUT2D eigenvalue weighted by molar-refractivity contribution is 0.583. The molecule has 0 unspecified atom stereocenters. The van der Waals surface area contributed by atoms with Gasteiger partial charge in [0.1, 0.15) is 5.82 Å². The van der Waals surface area contributed by atoms with E-state index in [1.54, 1.807) is 0 Å². The van der Waals surface area contributed by atoms with Gasteiger partial charge in [0.15, 0.2) is 9.84 Å². The summed E-state index contributed by atoms with van der Waals surface area (Å²) in [6.07, 6.45) is -0.0737. The molecule has 0 aromatic heterocycles. The first-order chi connectivity index (χ1) is 8.68. The standard InChI is InChI=1S/C10H13ClFNO4S2/c1-13-19(16,17)6-2-5-18(14,15)8-3-4-9(11)10(12)7-8/h3-4,7,13H,2,5-6H2,1H3. The number of rotatable bonds is 6. The predicted molar refractivity (Wildman–Crippen MR) is 70.9 cm³/mol. The second-order valence-corrected chi connectivity index (χ2v) is 8.33. The molecule has 108 valence electrons. The average molecular weight is 330 g/mol. The third-order valence-electron chi connectivity index (χ3n) is 2.39. The van der Waals surface area contributed by atoms with E-state index in [9.17, 15) is 21.2 Å². The van der Waals surface area contributed by atoms with Gasteiger partial charge in [0, 0.05) is 0 Å². The van der Waals surface area contributed by atoms with Gasteiger partial charge < -0.3 is 0 Å². The molecule has 0 heterocycles. The van der Waals surface area contributed by atoms with Gasteiger partial charge in [0.25, 0.3) is 0 Å². The lowest BCUT2D eigenvalue weighted by Crippen LogP contribution is -2.23. The summed E-state index contributed by atoms with van der Waals surface area (Å²) in [7, 11) is -5.92. The molecular formula is C10H13ClFNO4S2. The molecule has 0 aliphatic carbocycles. The molecule has 0 atom stereocenters. The van der Waals surface area contributed by atoms with Crippen LogP contribution in [0.4, 0.5) is 4.39 Å². The smallest absolute Gasteiger partial charge is 0.211 e. The summed E-state index contributed by atoms with van der Waals surface area (Å²) in [6.45, 7) is 0. The second kappa shape index (κ2) is 6.17. The molecule has 0 aliphatic heterocycles. The average Bonchev–Trinajstić information content (AvgIpc) is 2.32. The Morgan fingerprint density at radius 2 is 1.84 bits per heavy atom. The van der Waals surface area contributed by atoms with E-state index in [2.05, 4.69) is 4.72 Å². The van der Waals surface area contributed by atoms with E-state index in [0.717, 1.165) is 12.1 Å². The fraction of sp³-hybridized carbons (Fsp3) is 0.400. The topological polar surface area (TPSA) is 80.3 Å². The Bertz CT molecular complexity index is 658. The van der Waals surface area contributed by atoms with Crippen LogP contribution in [0.3, 0.4) is 0 Å². The van der Waals surface area contributed by atoms with Gasteiger partial charge in [-0.1, -0.05) is 11.6 Å². The molecule has 9 heteroatoms. The Morgan fingerprint density at radius 3 is 2.37 bits per heavy atom. The Morgan fingerprint density at radius 1 is 1.21 bits per heavy atom. The fourth-order valence-corrected chi connectivity index (χ4v) is 3.68. The number of sulfone groups is 1. The third kappa shape index (κ3) is 4.72. The Hall–Kier alpha value is -0.700. The molecular weight excluding hydrogens is 317 g/mol. The number of sulfonamides is 1. The summed E-state index contributed by atoms with van der Waals surface area (Å²) < 4.78 is 61.2. The molecule has 1 aromatic carbocycles. The van der Waals surface area contributed by atoms with Crippen molar-refractivity contribution in [1.82, 2.24) is 4.72 Å². The first-order valence-corrected chi connectivity index (χ1v) is 8.95. The minimum atomic E-state index is -3.72. The first-order valence-electron chi connectivity index (χ1n) is 5.27. The molecule has 0 radical (unpaired) electrons. The van der Waals surface area contributed by atoms with Gasteiger partial charge in [-0.3, -0.25) is 0 Å². The van der Waals surface area contributed by atoms with Gasteiger partial charge in [0.05, 0.1) is 21.4 Å². The summed E-state index contributed by atoms with van der Waals surface area (Å²) in [5.41, 5.74) is 0. The van der Waals surface area contributed by atoms with Gasteiger partial charge in [-0.05, 0) is 31.7 Å². The van der Waals surface area contributed by atoms with Crippen LogP contribution >= 0.6 is 11.6 Å². The molecule has 1 N–H and O–H groups in total. The summed E-state index contributed by atoms with van der Waals surface area (Å²) in [6, 6.07) is 3.16. The van der Waals surface area contributed by atoms with Crippen molar-refractivity contribution < 1.29 is 21.2 Å². The summed E-state index contributed by atoms with van der Waals surface area (Å²) in [4.78, 5) is -0.212. The van der Waals surface area contributed by atoms with E-state index < -0.39 is 25.7 Å². The third-order valence-corrected chi connectivity index (χ3v) is 5.94. The highest BCUT2D eigenvalue weighted by Gasteiger charge is 2.17. The van der Waals surface area contributed by atoms with Crippen molar-refractivity contribution >= 4 is 31.5 Å². The molecule has 0 spiro atoms. The van der Waals surface area contributed by atoms with Crippen LogP contribution in [0.5, 0.6) is 0 Å². The van der Waals surface area contributed by atoms with E-state index in [-0.39, 0.29) is 27.8 Å². The Labute approximate surface area is 116 Å². The Kier molecular flexibility index (Phi) is 5.31. The molecule has 0 fully saturated rings. The minimum absolute atomic E-state index is 0.0737. The van der Waals surface area contributed by atoms with E-state index in [0.29, 0.717) is 0 Å². The highest BCUT2D eigenvalue weighted by molar-refractivity contribution is 7.91. The van der Waals surface area contributed by atoms with Crippen LogP contribution < -0.4 is 4.72 Å². The number of halogens is 2. The van der Waals surface area contributed by atoms with Crippen molar-refractivity contribution in [3.05, 3.63) is 29.0 Å². The minimum Gasteiger partial charge on any atom is -0.224 e. The molecule has 0 bridgehead atoms. The summed E-state index contributed by atoms with van der Waals surface area (Å²) >= 11 is 5.46. The van der Waals surface area contributed by atoms with Crippen LogP contribution in [0, 0.1) is 5.82 Å². The largest absolute Gasteiger partial charge is 0.224 e. The summed E-state index contributed by atoms with van der Waals surface area (Å²) in [5.74, 6) is -1.51. The molecule has 0 amide bonds. The van der Waals surface area contributed by atoms with E-state index in [1.807, 2.05) is 0 Å². The van der Waals surface area contributed by atoms with Crippen molar-refractivity contribution in [3.8, 4) is 0 Å². The van der Waals surface area contributed by atoms with Crippen LogP contribution in [-0.2, 0) is 19.9 Å². The molecule has 1 rings (SSSR count). The van der Waals surface area contributed by atoms with Gasteiger partial charge in [-0.15, -0.1) is 0 Å². The van der Waals surface area contributed by atoms with E-state index in [1.165, 1.54) is 13.1 Å². The van der Waals surface area contributed by atoms with E-state index in [4.69, 9.17) is 11.6 Å². The fourth-order valence-electron chi connectivity index (χ4n) is 1.33. The zero-order chi connectivity index (χ0) is 14.7. The molecule has 0 saturated carbocycles. The molecule has 0 saturated heterocycles. The van der Waals surface area contributed by atoms with Gasteiger partial charge in [-0.2, -0.15) is 0 Å². The van der Waals surface area contributed by atoms with Crippen LogP contribution in [0.2, 0.25) is 5.02 Å². The zero-order valence-electron chi connectivity index (χ0n) is 10.1. The first kappa shape index (κ1) is 16.4. The lowest BCUT2D eigenvalue weighted by atomic mass is 10.3. The van der Waals surface area contributed by atoms with Crippen LogP contribution in [-0.4, -0.2) is 35.4 Å². The predicted octanol–water partition coefficient (Wildman–Crippen LogP) is 1.19. The van der Waals surface area contributed by atoms with Crippen molar-refractivity contribution in [2.75, 3.05) is 18.6 Å². The summed E-state index contributed by atoms with van der Waals surface area (Å²) in [5, 5.41) is -0.170. The van der Waals surface area contributed by atoms with Crippen molar-refractivity contribution in [2.45, 2.75) is 11.3 Å². The van der Waals surface area contributed by atoms with Crippen LogP contribution in [0.1, 0.15) is 6.42 Å². The molecule has 1 aromatic rings. The molecule has 0 aliphatic rings. The van der Waals surface area contributed by atoms with Crippen molar-refractivity contribution in [3.63, 3.8) is 0 Å². The van der Waals surface area contributed by atoms with Gasteiger partial charge >= 0.3 is 0 Å². The van der Waals surface area contributed by atoms with E-state index >= 15 is 0 Å². The molecule has 19 heavy (non-hydrogen) atoms. The maximum absolute atomic E-state index is 13.2. The normalized spacial score (nSPS) is 12.6. The number of nitrogens with one attached hydrogen (secondary N) is 1. The zero-order valence-corrected chi connectivity index (χ0v) is 12.4. The second-order valence-electron chi connectivity index (χ2n) is 3.77. The van der Waals surface area contributed by atoms with Crippen molar-refractivity contribution in [1.29, 1.82) is 0 Å². The number of benzene rings is 1. The van der Waals surface area contributed by atoms with Gasteiger partial charge in [0.2, 0.25) is 10.0 Å². The maximum Gasteiger partial charge on any atom is 0.211 e. The quantitative estimate of drug-likeness (QED) is 0.850. The monoisotopic (exact) mass is 329 g/mol. The lowest BCUT2D eigenvalue weighted by Gasteiger charge is -2.05. The highest BCUT2D eigenvalue weighted by Crippen LogP contribution is 2.20. The van der Waals surface area contributed by atoms with Crippen LogP contribution in [0.25, 0.3) is 0 Å². The Balaban J connectivity index is 2.79. The highest BCUT2D eigenvalue weighted by atomic mass is 35.5. The molecule has 5 nitrogen and oxygen atoms in total. The number of hydrogen-bond donors (Lipinski definition) is 1. The SMILES string of the molecule is CNS(=O)(=O)CCCS(=O)(=O)c1ccc(Cl)c(F)c1.